The second-order valence-electron chi connectivity index (χ2n) is 3.82. The molecule has 0 aliphatic rings. The Kier molecular flexibility index (Phi) is 4.38. The lowest BCUT2D eigenvalue weighted by atomic mass is 10.1. The number of methoxy groups -OCH3 is 1. The lowest BCUT2D eigenvalue weighted by molar-refractivity contribution is 0.410. The van der Waals surface area contributed by atoms with Gasteiger partial charge in [-0.3, -0.25) is 0 Å². The SMILES string of the molecule is COc1ccc(C(Cl)C(C)S(C)(=O)=O)c(F)c1. The van der Waals surface area contributed by atoms with Gasteiger partial charge in [0.05, 0.1) is 17.7 Å². The average Bonchev–Trinajstić information content (AvgIpc) is 2.25. The summed E-state index contributed by atoms with van der Waals surface area (Å²) in [6.45, 7) is 1.46. The average molecular weight is 281 g/mol. The minimum absolute atomic E-state index is 0.158. The Morgan fingerprint density at radius 2 is 2.00 bits per heavy atom. The van der Waals surface area contributed by atoms with E-state index in [1.54, 1.807) is 6.07 Å². The van der Waals surface area contributed by atoms with Crippen LogP contribution in [-0.4, -0.2) is 27.0 Å². The van der Waals surface area contributed by atoms with Gasteiger partial charge in [-0.25, -0.2) is 12.8 Å². The van der Waals surface area contributed by atoms with Gasteiger partial charge in [-0.05, 0) is 13.0 Å². The molecule has 0 fully saturated rings. The van der Waals surface area contributed by atoms with Crippen LogP contribution in [0.25, 0.3) is 0 Å². The molecule has 17 heavy (non-hydrogen) atoms. The monoisotopic (exact) mass is 280 g/mol. The van der Waals surface area contributed by atoms with E-state index in [2.05, 4.69) is 0 Å². The lowest BCUT2D eigenvalue weighted by Crippen LogP contribution is -2.21. The molecule has 1 aromatic rings. The van der Waals surface area contributed by atoms with Gasteiger partial charge in [-0.15, -0.1) is 11.6 Å². The molecule has 0 bridgehead atoms. The van der Waals surface area contributed by atoms with E-state index in [4.69, 9.17) is 16.3 Å². The Labute approximate surface area is 105 Å². The van der Waals surface area contributed by atoms with E-state index in [0.29, 0.717) is 5.75 Å². The summed E-state index contributed by atoms with van der Waals surface area (Å²) in [7, 11) is -1.89. The Morgan fingerprint density at radius 1 is 1.41 bits per heavy atom. The fourth-order valence-corrected chi connectivity index (χ4v) is 2.65. The van der Waals surface area contributed by atoms with E-state index in [1.807, 2.05) is 0 Å². The van der Waals surface area contributed by atoms with Gasteiger partial charge in [0, 0.05) is 17.9 Å². The van der Waals surface area contributed by atoms with Crippen LogP contribution in [0.5, 0.6) is 5.75 Å². The fraction of sp³-hybridized carbons (Fsp3) is 0.455. The summed E-state index contributed by atoms with van der Waals surface area (Å²) in [5, 5.41) is -1.78. The van der Waals surface area contributed by atoms with Crippen molar-refractivity contribution in [3.05, 3.63) is 29.6 Å². The summed E-state index contributed by atoms with van der Waals surface area (Å²) in [5.41, 5.74) is 0.158. The first-order valence-electron chi connectivity index (χ1n) is 4.93. The Morgan fingerprint density at radius 3 is 2.41 bits per heavy atom. The van der Waals surface area contributed by atoms with Crippen LogP contribution in [0.15, 0.2) is 18.2 Å². The number of halogens is 2. The number of hydrogen-bond donors (Lipinski definition) is 0. The third-order valence-electron chi connectivity index (χ3n) is 2.59. The van der Waals surface area contributed by atoms with Crippen LogP contribution in [0.1, 0.15) is 17.9 Å². The van der Waals surface area contributed by atoms with Crippen molar-refractivity contribution >= 4 is 21.4 Å². The molecule has 0 saturated heterocycles. The molecule has 0 N–H and O–H groups in total. The molecule has 96 valence electrons. The van der Waals surface area contributed by atoms with Crippen molar-refractivity contribution in [3.63, 3.8) is 0 Å². The van der Waals surface area contributed by atoms with Gasteiger partial charge in [0.25, 0.3) is 0 Å². The van der Waals surface area contributed by atoms with Crippen molar-refractivity contribution < 1.29 is 17.5 Å². The minimum atomic E-state index is -3.31. The van der Waals surface area contributed by atoms with Gasteiger partial charge in [-0.2, -0.15) is 0 Å². The molecule has 1 rings (SSSR count). The van der Waals surface area contributed by atoms with Crippen LogP contribution in [0.3, 0.4) is 0 Å². The molecular weight excluding hydrogens is 267 g/mol. The zero-order valence-electron chi connectivity index (χ0n) is 9.78. The minimum Gasteiger partial charge on any atom is -0.497 e. The zero-order valence-corrected chi connectivity index (χ0v) is 11.3. The molecule has 0 spiro atoms. The van der Waals surface area contributed by atoms with Gasteiger partial charge < -0.3 is 4.74 Å². The molecule has 0 amide bonds. The molecule has 6 heteroatoms. The van der Waals surface area contributed by atoms with Crippen molar-refractivity contribution in [2.45, 2.75) is 17.6 Å². The largest absolute Gasteiger partial charge is 0.497 e. The van der Waals surface area contributed by atoms with E-state index in [0.717, 1.165) is 6.26 Å². The normalized spacial score (nSPS) is 15.4. The quantitative estimate of drug-likeness (QED) is 0.796. The van der Waals surface area contributed by atoms with Crippen molar-refractivity contribution in [2.24, 2.45) is 0 Å². The van der Waals surface area contributed by atoms with Crippen LogP contribution < -0.4 is 4.74 Å². The summed E-state index contributed by atoms with van der Waals surface area (Å²) < 4.78 is 41.2. The van der Waals surface area contributed by atoms with Gasteiger partial charge in [-0.1, -0.05) is 6.07 Å². The number of benzene rings is 1. The smallest absolute Gasteiger partial charge is 0.151 e. The van der Waals surface area contributed by atoms with E-state index in [1.165, 1.54) is 26.2 Å². The fourth-order valence-electron chi connectivity index (χ4n) is 1.33. The maximum Gasteiger partial charge on any atom is 0.151 e. The molecule has 0 radical (unpaired) electrons. The molecule has 0 aromatic heterocycles. The lowest BCUT2D eigenvalue weighted by Gasteiger charge is -2.17. The molecular formula is C11H14ClFO3S. The highest BCUT2D eigenvalue weighted by atomic mass is 35.5. The number of hydrogen-bond acceptors (Lipinski definition) is 3. The first-order valence-corrected chi connectivity index (χ1v) is 7.33. The maximum absolute atomic E-state index is 13.7. The van der Waals surface area contributed by atoms with E-state index in [-0.39, 0.29) is 5.56 Å². The van der Waals surface area contributed by atoms with Crippen molar-refractivity contribution in [3.8, 4) is 5.75 Å². The third kappa shape index (κ3) is 3.33. The van der Waals surface area contributed by atoms with E-state index < -0.39 is 26.3 Å². The number of alkyl halides is 1. The van der Waals surface area contributed by atoms with Gasteiger partial charge >= 0.3 is 0 Å². The number of ether oxygens (including phenoxy) is 1. The molecule has 3 nitrogen and oxygen atoms in total. The summed E-state index contributed by atoms with van der Waals surface area (Å²) in [6.07, 6.45) is 1.08. The highest BCUT2D eigenvalue weighted by Crippen LogP contribution is 2.31. The third-order valence-corrected chi connectivity index (χ3v) is 4.98. The van der Waals surface area contributed by atoms with Crippen molar-refractivity contribution in [1.82, 2.24) is 0 Å². The highest BCUT2D eigenvalue weighted by Gasteiger charge is 2.27. The van der Waals surface area contributed by atoms with Gasteiger partial charge in [0.2, 0.25) is 0 Å². The van der Waals surface area contributed by atoms with E-state index >= 15 is 0 Å². The molecule has 0 heterocycles. The van der Waals surface area contributed by atoms with Crippen molar-refractivity contribution in [1.29, 1.82) is 0 Å². The number of rotatable bonds is 4. The molecule has 0 aliphatic heterocycles. The first kappa shape index (κ1) is 14.3. The molecule has 0 aliphatic carbocycles. The predicted molar refractivity (Wildman–Crippen MR) is 65.9 cm³/mol. The molecule has 1 aromatic carbocycles. The first-order chi connectivity index (χ1) is 7.77. The maximum atomic E-state index is 13.7. The Bertz CT molecular complexity index is 501. The van der Waals surface area contributed by atoms with Crippen LogP contribution in [-0.2, 0) is 9.84 Å². The molecule has 2 atom stereocenters. The summed E-state index contributed by atoms with van der Waals surface area (Å²) >= 11 is 5.98. The van der Waals surface area contributed by atoms with Crippen LogP contribution in [0, 0.1) is 5.82 Å². The van der Waals surface area contributed by atoms with E-state index in [9.17, 15) is 12.8 Å². The Hall–Kier alpha value is -0.810. The summed E-state index contributed by atoms with van der Waals surface area (Å²) in [5.74, 6) is -0.207. The second kappa shape index (κ2) is 5.23. The Balaban J connectivity index is 3.09. The number of sulfone groups is 1. The summed E-state index contributed by atoms with van der Waals surface area (Å²) in [4.78, 5) is 0. The molecule has 0 saturated carbocycles. The molecule has 2 unspecified atom stereocenters. The van der Waals surface area contributed by atoms with Crippen molar-refractivity contribution in [2.75, 3.05) is 13.4 Å². The topological polar surface area (TPSA) is 43.4 Å². The predicted octanol–water partition coefficient (Wildman–Crippen LogP) is 2.55. The zero-order chi connectivity index (χ0) is 13.2. The highest BCUT2D eigenvalue weighted by molar-refractivity contribution is 7.91. The van der Waals surface area contributed by atoms with Crippen LogP contribution in [0.4, 0.5) is 4.39 Å². The van der Waals surface area contributed by atoms with Crippen LogP contribution >= 0.6 is 11.6 Å². The van der Waals surface area contributed by atoms with Crippen LogP contribution in [0.2, 0.25) is 0 Å². The van der Waals surface area contributed by atoms with Gasteiger partial charge in [0.1, 0.15) is 11.6 Å². The summed E-state index contributed by atoms with van der Waals surface area (Å²) in [6, 6.07) is 4.16. The standard InChI is InChI=1S/C11H14ClFO3S/c1-7(17(3,14)15)11(12)9-5-4-8(16-2)6-10(9)13/h4-7,11H,1-3H3. The van der Waals surface area contributed by atoms with Gasteiger partial charge in [0.15, 0.2) is 9.84 Å². The second-order valence-corrected chi connectivity index (χ2v) is 6.70.